The summed E-state index contributed by atoms with van der Waals surface area (Å²) in [4.78, 5) is 21.1. The van der Waals surface area contributed by atoms with Crippen molar-refractivity contribution in [3.8, 4) is 0 Å². The van der Waals surface area contributed by atoms with Crippen molar-refractivity contribution >= 4 is 11.8 Å². The van der Waals surface area contributed by atoms with Gasteiger partial charge in [0.2, 0.25) is 11.8 Å². The summed E-state index contributed by atoms with van der Waals surface area (Å²) in [6, 6.07) is 0. The Morgan fingerprint density at radius 1 is 0.442 bits per heavy atom. The van der Waals surface area contributed by atoms with Crippen LogP contribution in [0, 0.1) is 0 Å². The Balaban J connectivity index is -0.000000681. The average Bonchev–Trinajstić information content (AvgIpc) is 2.97. The van der Waals surface area contributed by atoms with E-state index in [1.54, 1.807) is 6.08 Å². The van der Waals surface area contributed by atoms with E-state index in [0.717, 1.165) is 25.7 Å². The van der Waals surface area contributed by atoms with E-state index in [0.29, 0.717) is 12.8 Å². The van der Waals surface area contributed by atoms with Crippen LogP contribution in [0.15, 0.2) is 37.0 Å². The summed E-state index contributed by atoms with van der Waals surface area (Å²) in [6.07, 6.45) is 45.6. The summed E-state index contributed by atoms with van der Waals surface area (Å²) in [6.45, 7) is 9.78. The Bertz CT molecular complexity index is 562. The monoisotopic (exact) mass is 605 g/mol. The molecule has 254 valence electrons. The molecule has 0 aromatic rings. The van der Waals surface area contributed by atoms with Gasteiger partial charge in [0.1, 0.15) is 0 Å². The van der Waals surface area contributed by atoms with Crippen LogP contribution in [0.25, 0.3) is 0 Å². The predicted octanol–water partition coefficient (Wildman–Crippen LogP) is 12.2. The van der Waals surface area contributed by atoms with E-state index in [1.807, 2.05) is 6.92 Å². The van der Waals surface area contributed by atoms with Crippen molar-refractivity contribution in [3.05, 3.63) is 37.0 Å². The second kappa shape index (κ2) is 44.6. The lowest BCUT2D eigenvalue weighted by Crippen LogP contribution is -2.09. The molecule has 0 radical (unpaired) electrons. The van der Waals surface area contributed by atoms with Crippen molar-refractivity contribution in [2.45, 2.75) is 201 Å². The Morgan fingerprint density at radius 3 is 0.884 bits per heavy atom. The first-order chi connectivity index (χ1) is 21.0. The maximum absolute atomic E-state index is 10.5. The molecule has 0 saturated carbocycles. The SMILES string of the molecule is C=CC.CCCCCCCC/C=C\CCCCCCCC(N)=O.CCCCCCCC/C=C\CCCCCCCC(N)=O. The lowest BCUT2D eigenvalue weighted by atomic mass is 10.1. The van der Waals surface area contributed by atoms with Gasteiger partial charge < -0.3 is 11.5 Å². The standard InChI is InChI=1S/2C18H35NO.C3H6/c2*1-2-3-4-5-6-7-8-9-10-11-12-13-14-15-16-17-18(19)20;1-3-2/h2*9-10H,2-8,11-17H2,1H3,(H2,19,20);3H,1H2,2H3/b2*10-9-;. The molecule has 2 amide bonds. The van der Waals surface area contributed by atoms with Crippen molar-refractivity contribution in [1.29, 1.82) is 0 Å². The minimum Gasteiger partial charge on any atom is -0.370 e. The van der Waals surface area contributed by atoms with Crippen LogP contribution in [-0.2, 0) is 9.59 Å². The third-order valence-electron chi connectivity index (χ3n) is 7.37. The van der Waals surface area contributed by atoms with Gasteiger partial charge in [0, 0.05) is 12.8 Å². The fraction of sp³-hybridized carbons (Fsp3) is 0.795. The van der Waals surface area contributed by atoms with Crippen LogP contribution in [-0.4, -0.2) is 11.8 Å². The summed E-state index contributed by atoms with van der Waals surface area (Å²) in [5.74, 6) is -0.328. The topological polar surface area (TPSA) is 86.2 Å². The van der Waals surface area contributed by atoms with E-state index in [4.69, 9.17) is 11.5 Å². The van der Waals surface area contributed by atoms with Gasteiger partial charge >= 0.3 is 0 Å². The number of unbranched alkanes of at least 4 members (excludes halogenated alkanes) is 22. The van der Waals surface area contributed by atoms with Crippen LogP contribution in [0.5, 0.6) is 0 Å². The van der Waals surface area contributed by atoms with E-state index < -0.39 is 0 Å². The molecule has 0 atom stereocenters. The van der Waals surface area contributed by atoms with E-state index in [1.165, 1.54) is 141 Å². The lowest BCUT2D eigenvalue weighted by Gasteiger charge is -1.99. The summed E-state index contributed by atoms with van der Waals surface area (Å²) in [5.41, 5.74) is 10.2. The Labute approximate surface area is 270 Å². The zero-order valence-corrected chi connectivity index (χ0v) is 29.4. The molecule has 0 fully saturated rings. The fourth-order valence-electron chi connectivity index (χ4n) is 4.74. The molecular weight excluding hydrogens is 528 g/mol. The highest BCUT2D eigenvalue weighted by Gasteiger charge is 1.95. The molecule has 0 aliphatic heterocycles. The average molecular weight is 605 g/mol. The van der Waals surface area contributed by atoms with Crippen LogP contribution in [0.4, 0.5) is 0 Å². The maximum atomic E-state index is 10.5. The first-order valence-corrected chi connectivity index (χ1v) is 18.4. The van der Waals surface area contributed by atoms with Gasteiger partial charge in [-0.2, -0.15) is 0 Å². The Morgan fingerprint density at radius 2 is 0.651 bits per heavy atom. The van der Waals surface area contributed by atoms with Gasteiger partial charge in [-0.15, -0.1) is 6.58 Å². The van der Waals surface area contributed by atoms with Gasteiger partial charge in [0.25, 0.3) is 0 Å². The highest BCUT2D eigenvalue weighted by molar-refractivity contribution is 5.73. The number of hydrogen-bond donors (Lipinski definition) is 2. The normalized spacial score (nSPS) is 10.8. The summed E-state index contributed by atoms with van der Waals surface area (Å²) in [5, 5.41) is 0. The lowest BCUT2D eigenvalue weighted by molar-refractivity contribution is -0.119. The molecule has 4 nitrogen and oxygen atoms in total. The Hall–Kier alpha value is -1.84. The molecule has 0 rings (SSSR count). The van der Waals surface area contributed by atoms with E-state index in [9.17, 15) is 9.59 Å². The highest BCUT2D eigenvalue weighted by Crippen LogP contribution is 2.11. The number of allylic oxidation sites excluding steroid dienone is 5. The molecule has 0 aliphatic rings. The van der Waals surface area contributed by atoms with E-state index in [-0.39, 0.29) is 11.8 Å². The van der Waals surface area contributed by atoms with Crippen LogP contribution >= 0.6 is 0 Å². The maximum Gasteiger partial charge on any atom is 0.217 e. The molecule has 0 aromatic carbocycles. The number of carbonyl (C=O) groups is 2. The highest BCUT2D eigenvalue weighted by atomic mass is 16.1. The van der Waals surface area contributed by atoms with E-state index in [2.05, 4.69) is 44.7 Å². The fourth-order valence-corrected chi connectivity index (χ4v) is 4.74. The molecule has 0 aliphatic carbocycles. The second-order valence-electron chi connectivity index (χ2n) is 12.0. The van der Waals surface area contributed by atoms with Gasteiger partial charge in [-0.25, -0.2) is 0 Å². The number of primary amides is 2. The van der Waals surface area contributed by atoms with Crippen LogP contribution in [0.2, 0.25) is 0 Å². The molecule has 4 heteroatoms. The quantitative estimate of drug-likeness (QED) is 0.0631. The molecule has 0 heterocycles. The largest absolute Gasteiger partial charge is 0.370 e. The Kier molecular flexibility index (Phi) is 47.3. The predicted molar refractivity (Wildman–Crippen MR) is 193 cm³/mol. The first-order valence-electron chi connectivity index (χ1n) is 18.4. The van der Waals surface area contributed by atoms with Gasteiger partial charge in [0.05, 0.1) is 0 Å². The molecule has 43 heavy (non-hydrogen) atoms. The van der Waals surface area contributed by atoms with Crippen LogP contribution in [0.3, 0.4) is 0 Å². The molecular formula is C39H76N2O2. The van der Waals surface area contributed by atoms with Gasteiger partial charge in [-0.3, -0.25) is 9.59 Å². The zero-order chi connectivity index (χ0) is 32.5. The molecule has 0 saturated heterocycles. The van der Waals surface area contributed by atoms with Crippen molar-refractivity contribution in [2.75, 3.05) is 0 Å². The molecule has 4 N–H and O–H groups in total. The number of hydrogen-bond acceptors (Lipinski definition) is 2. The third kappa shape index (κ3) is 56.5. The second-order valence-corrected chi connectivity index (χ2v) is 12.0. The molecule has 0 spiro atoms. The number of amides is 2. The van der Waals surface area contributed by atoms with Crippen LogP contribution < -0.4 is 11.5 Å². The van der Waals surface area contributed by atoms with Crippen molar-refractivity contribution in [2.24, 2.45) is 11.5 Å². The third-order valence-corrected chi connectivity index (χ3v) is 7.37. The smallest absolute Gasteiger partial charge is 0.217 e. The molecule has 0 bridgehead atoms. The van der Waals surface area contributed by atoms with Gasteiger partial charge in [-0.1, -0.05) is 147 Å². The van der Waals surface area contributed by atoms with E-state index >= 15 is 0 Å². The van der Waals surface area contributed by atoms with Crippen molar-refractivity contribution < 1.29 is 9.59 Å². The van der Waals surface area contributed by atoms with Crippen molar-refractivity contribution in [1.82, 2.24) is 0 Å². The summed E-state index contributed by atoms with van der Waals surface area (Å²) >= 11 is 0. The van der Waals surface area contributed by atoms with Gasteiger partial charge in [0.15, 0.2) is 0 Å². The first kappa shape index (κ1) is 45.6. The molecule has 0 unspecified atom stereocenters. The number of carbonyl (C=O) groups excluding carboxylic acids is 2. The van der Waals surface area contributed by atoms with Crippen molar-refractivity contribution in [3.63, 3.8) is 0 Å². The molecule has 0 aromatic heterocycles. The minimum atomic E-state index is -0.164. The van der Waals surface area contributed by atoms with Gasteiger partial charge in [-0.05, 0) is 71.1 Å². The summed E-state index contributed by atoms with van der Waals surface area (Å²) < 4.78 is 0. The number of nitrogens with two attached hydrogens (primary N) is 2. The van der Waals surface area contributed by atoms with Crippen LogP contribution in [0.1, 0.15) is 201 Å². The minimum absolute atomic E-state index is 0.164. The summed E-state index contributed by atoms with van der Waals surface area (Å²) in [7, 11) is 0. The number of rotatable bonds is 30. The zero-order valence-electron chi connectivity index (χ0n) is 29.4.